The second-order valence-electron chi connectivity index (χ2n) is 2.88. The van der Waals surface area contributed by atoms with Crippen LogP contribution in [-0.2, 0) is 24.7 Å². The quantitative estimate of drug-likeness (QED) is 0.590. The van der Waals surface area contributed by atoms with E-state index < -0.39 is 14.6 Å². The molecule has 0 fully saturated rings. The first-order valence-electron chi connectivity index (χ1n) is 4.88. The molecule has 0 heterocycles. The van der Waals surface area contributed by atoms with E-state index in [4.69, 9.17) is 14.2 Å². The van der Waals surface area contributed by atoms with Crippen LogP contribution in [0.3, 0.4) is 0 Å². The third-order valence-corrected chi connectivity index (χ3v) is 3.19. The summed E-state index contributed by atoms with van der Waals surface area (Å²) in [5.74, 6) is 0. The van der Waals surface area contributed by atoms with Gasteiger partial charge in [-0.2, -0.15) is 0 Å². The van der Waals surface area contributed by atoms with Crippen molar-refractivity contribution in [2.45, 2.75) is 13.5 Å². The molecular formula is C10H15O5P. The van der Waals surface area contributed by atoms with Crippen LogP contribution < -0.4 is 0 Å². The number of hydrogen-bond donors (Lipinski definition) is 1. The van der Waals surface area contributed by atoms with E-state index in [2.05, 4.69) is 4.52 Å². The molecular weight excluding hydrogens is 231 g/mol. The SMILES string of the molecule is CCOP(=O)(OCO)OCc1ccccc1. The van der Waals surface area contributed by atoms with Crippen molar-refractivity contribution in [1.82, 2.24) is 0 Å². The molecule has 1 N–H and O–H groups in total. The zero-order chi connectivity index (χ0) is 11.9. The van der Waals surface area contributed by atoms with Crippen LogP contribution in [0.1, 0.15) is 12.5 Å². The van der Waals surface area contributed by atoms with E-state index in [1.807, 2.05) is 30.3 Å². The van der Waals surface area contributed by atoms with Crippen molar-refractivity contribution >= 4 is 7.82 Å². The maximum Gasteiger partial charge on any atom is 0.477 e. The van der Waals surface area contributed by atoms with Gasteiger partial charge in [-0.1, -0.05) is 30.3 Å². The monoisotopic (exact) mass is 246 g/mol. The Kier molecular flexibility index (Phi) is 5.66. The lowest BCUT2D eigenvalue weighted by Gasteiger charge is -2.15. The summed E-state index contributed by atoms with van der Waals surface area (Å²) in [6.07, 6.45) is 0. The summed E-state index contributed by atoms with van der Waals surface area (Å²) in [6.45, 7) is 1.26. The van der Waals surface area contributed by atoms with Crippen molar-refractivity contribution in [2.24, 2.45) is 0 Å². The summed E-state index contributed by atoms with van der Waals surface area (Å²) < 4.78 is 26.2. The summed E-state index contributed by atoms with van der Waals surface area (Å²) in [5.41, 5.74) is 0.851. The molecule has 1 aromatic rings. The Morgan fingerprint density at radius 2 is 1.88 bits per heavy atom. The van der Waals surface area contributed by atoms with Crippen LogP contribution in [0.15, 0.2) is 30.3 Å². The molecule has 1 rings (SSSR count). The largest absolute Gasteiger partial charge is 0.477 e. The van der Waals surface area contributed by atoms with Gasteiger partial charge in [0.15, 0.2) is 6.79 Å². The predicted octanol–water partition coefficient (Wildman–Crippen LogP) is 2.31. The van der Waals surface area contributed by atoms with Gasteiger partial charge in [-0.3, -0.25) is 13.6 Å². The molecule has 0 aliphatic heterocycles. The molecule has 6 heteroatoms. The van der Waals surface area contributed by atoms with Gasteiger partial charge in [0.25, 0.3) is 0 Å². The summed E-state index contributed by atoms with van der Waals surface area (Å²) >= 11 is 0. The minimum atomic E-state index is -3.63. The first kappa shape index (κ1) is 13.4. The van der Waals surface area contributed by atoms with Gasteiger partial charge in [0.05, 0.1) is 13.2 Å². The fourth-order valence-electron chi connectivity index (χ4n) is 1.07. The maximum atomic E-state index is 11.8. The number of hydrogen-bond acceptors (Lipinski definition) is 5. The van der Waals surface area contributed by atoms with Crippen LogP contribution in [-0.4, -0.2) is 18.5 Å². The molecule has 90 valence electrons. The van der Waals surface area contributed by atoms with E-state index in [0.717, 1.165) is 5.56 Å². The minimum Gasteiger partial charge on any atom is -0.370 e. The van der Waals surface area contributed by atoms with Gasteiger partial charge in [-0.15, -0.1) is 0 Å². The Labute approximate surface area is 94.6 Å². The van der Waals surface area contributed by atoms with E-state index >= 15 is 0 Å². The number of aliphatic hydroxyl groups excluding tert-OH is 1. The van der Waals surface area contributed by atoms with E-state index in [0.29, 0.717) is 0 Å². The second kappa shape index (κ2) is 6.78. The Hall–Kier alpha value is -0.710. The Morgan fingerprint density at radius 3 is 2.44 bits per heavy atom. The molecule has 0 radical (unpaired) electrons. The third-order valence-electron chi connectivity index (χ3n) is 1.74. The Morgan fingerprint density at radius 1 is 1.19 bits per heavy atom. The number of phosphoric ester groups is 1. The number of aliphatic hydroxyl groups is 1. The van der Waals surface area contributed by atoms with Crippen molar-refractivity contribution in [3.8, 4) is 0 Å². The zero-order valence-corrected chi connectivity index (χ0v) is 9.93. The molecule has 1 unspecified atom stereocenters. The van der Waals surface area contributed by atoms with Gasteiger partial charge in [0, 0.05) is 0 Å². The van der Waals surface area contributed by atoms with Crippen LogP contribution in [0, 0.1) is 0 Å². The normalized spacial score (nSPS) is 14.6. The van der Waals surface area contributed by atoms with Gasteiger partial charge >= 0.3 is 7.82 Å². The topological polar surface area (TPSA) is 65.0 Å². The van der Waals surface area contributed by atoms with Crippen LogP contribution >= 0.6 is 7.82 Å². The van der Waals surface area contributed by atoms with Gasteiger partial charge in [0.1, 0.15) is 0 Å². The van der Waals surface area contributed by atoms with Gasteiger partial charge in [-0.05, 0) is 12.5 Å². The fraction of sp³-hybridized carbons (Fsp3) is 0.400. The summed E-state index contributed by atoms with van der Waals surface area (Å²) in [5, 5.41) is 8.57. The molecule has 0 aliphatic rings. The van der Waals surface area contributed by atoms with E-state index in [9.17, 15) is 4.57 Å². The van der Waals surface area contributed by atoms with Crippen LogP contribution in [0.4, 0.5) is 0 Å². The molecule has 0 aliphatic carbocycles. The highest BCUT2D eigenvalue weighted by Crippen LogP contribution is 2.49. The molecule has 0 saturated carbocycles. The van der Waals surface area contributed by atoms with Crippen LogP contribution in [0.5, 0.6) is 0 Å². The molecule has 0 spiro atoms. The second-order valence-corrected chi connectivity index (χ2v) is 4.55. The van der Waals surface area contributed by atoms with Crippen molar-refractivity contribution in [2.75, 3.05) is 13.4 Å². The summed E-state index contributed by atoms with van der Waals surface area (Å²) in [6, 6.07) is 9.22. The van der Waals surface area contributed by atoms with Gasteiger partial charge < -0.3 is 5.11 Å². The molecule has 0 saturated heterocycles. The first-order chi connectivity index (χ1) is 7.70. The molecule has 0 amide bonds. The highest BCUT2D eigenvalue weighted by molar-refractivity contribution is 7.48. The highest BCUT2D eigenvalue weighted by atomic mass is 31.2. The van der Waals surface area contributed by atoms with Crippen molar-refractivity contribution < 1.29 is 23.2 Å². The lowest BCUT2D eigenvalue weighted by atomic mass is 10.2. The maximum absolute atomic E-state index is 11.8. The van der Waals surface area contributed by atoms with Crippen molar-refractivity contribution in [1.29, 1.82) is 0 Å². The number of phosphoric acid groups is 1. The minimum absolute atomic E-state index is 0.109. The van der Waals surface area contributed by atoms with Crippen molar-refractivity contribution in [3.63, 3.8) is 0 Å². The molecule has 5 nitrogen and oxygen atoms in total. The Balaban J connectivity index is 2.53. The number of benzene rings is 1. The lowest BCUT2D eigenvalue weighted by Crippen LogP contribution is -2.01. The summed E-state index contributed by atoms with van der Waals surface area (Å²) in [7, 11) is -3.63. The van der Waals surface area contributed by atoms with E-state index in [-0.39, 0.29) is 13.2 Å². The molecule has 0 aromatic heterocycles. The third kappa shape index (κ3) is 4.43. The Bertz CT molecular complexity index is 330. The standard InChI is InChI=1S/C10H15O5P/c1-2-13-16(12,15-9-11)14-8-10-6-4-3-5-7-10/h3-7,11H,2,8-9H2,1H3. The average molecular weight is 246 g/mol. The predicted molar refractivity (Wildman–Crippen MR) is 58.6 cm³/mol. The fourth-order valence-corrected chi connectivity index (χ4v) is 2.06. The average Bonchev–Trinajstić information content (AvgIpc) is 2.29. The van der Waals surface area contributed by atoms with Gasteiger partial charge in [0.2, 0.25) is 0 Å². The number of rotatable bonds is 7. The zero-order valence-electron chi connectivity index (χ0n) is 9.04. The van der Waals surface area contributed by atoms with Crippen LogP contribution in [0.25, 0.3) is 0 Å². The van der Waals surface area contributed by atoms with E-state index in [1.54, 1.807) is 6.92 Å². The molecule has 0 bridgehead atoms. The highest BCUT2D eigenvalue weighted by Gasteiger charge is 2.25. The molecule has 1 aromatic carbocycles. The summed E-state index contributed by atoms with van der Waals surface area (Å²) in [4.78, 5) is 0. The molecule has 16 heavy (non-hydrogen) atoms. The van der Waals surface area contributed by atoms with Gasteiger partial charge in [-0.25, -0.2) is 4.57 Å². The smallest absolute Gasteiger partial charge is 0.370 e. The first-order valence-corrected chi connectivity index (χ1v) is 6.34. The van der Waals surface area contributed by atoms with Crippen molar-refractivity contribution in [3.05, 3.63) is 35.9 Å². The van der Waals surface area contributed by atoms with Crippen LogP contribution in [0.2, 0.25) is 0 Å². The molecule has 1 atom stereocenters. The lowest BCUT2D eigenvalue weighted by molar-refractivity contribution is 0.0367. The van der Waals surface area contributed by atoms with E-state index in [1.165, 1.54) is 0 Å².